The number of aromatic nitrogens is 1. The van der Waals surface area contributed by atoms with Crippen molar-refractivity contribution in [2.24, 2.45) is 0 Å². The summed E-state index contributed by atoms with van der Waals surface area (Å²) in [6.45, 7) is 2.69. The Balaban J connectivity index is 1.41. The van der Waals surface area contributed by atoms with Crippen molar-refractivity contribution in [3.8, 4) is 5.75 Å². The maximum atomic E-state index is 12.2. The number of hydrogen-bond acceptors (Lipinski definition) is 5. The number of aryl methyl sites for hydroxylation is 1. The molecule has 0 aliphatic heterocycles. The highest BCUT2D eigenvalue weighted by Gasteiger charge is 2.08. The number of ether oxygens (including phenoxy) is 1. The Morgan fingerprint density at radius 1 is 1.18 bits per heavy atom. The molecule has 0 saturated heterocycles. The third-order valence-corrected chi connectivity index (χ3v) is 6.37. The number of nitrogens with one attached hydrogen (secondary N) is 1. The monoisotopic (exact) mass is 412 g/mol. The molecule has 1 N–H and O–H groups in total. The van der Waals surface area contributed by atoms with Crippen molar-refractivity contribution in [2.75, 3.05) is 13.7 Å². The second kappa shape index (κ2) is 10.3. The largest absolute Gasteiger partial charge is 0.497 e. The first kappa shape index (κ1) is 20.4. The zero-order chi connectivity index (χ0) is 19.8. The van der Waals surface area contributed by atoms with Crippen molar-refractivity contribution in [2.45, 2.75) is 29.9 Å². The number of thiazole rings is 1. The molecule has 0 spiro atoms. The zero-order valence-electron chi connectivity index (χ0n) is 16.1. The lowest BCUT2D eigenvalue weighted by molar-refractivity contribution is -0.120. The lowest BCUT2D eigenvalue weighted by atomic mass is 10.1. The van der Waals surface area contributed by atoms with Gasteiger partial charge in [0.1, 0.15) is 10.1 Å². The Morgan fingerprint density at radius 3 is 2.79 bits per heavy atom. The number of nitrogens with zero attached hydrogens (tertiary/aromatic N) is 1. The van der Waals surface area contributed by atoms with Crippen molar-refractivity contribution in [1.29, 1.82) is 0 Å². The molecule has 1 aromatic heterocycles. The SMILES string of the molecule is COc1cccc(CCNC(=O)Cc2csc(SCc3ccc(C)cc3)n2)c1. The normalized spacial score (nSPS) is 10.6. The van der Waals surface area contributed by atoms with Crippen LogP contribution < -0.4 is 10.1 Å². The fraction of sp³-hybridized carbons (Fsp3) is 0.273. The molecule has 3 aromatic rings. The Kier molecular flexibility index (Phi) is 7.51. The van der Waals surface area contributed by atoms with Crippen LogP contribution in [0.1, 0.15) is 22.4 Å². The van der Waals surface area contributed by atoms with Crippen LogP contribution >= 0.6 is 23.1 Å². The van der Waals surface area contributed by atoms with Gasteiger partial charge in [0.2, 0.25) is 5.91 Å². The van der Waals surface area contributed by atoms with E-state index in [1.807, 2.05) is 29.6 Å². The van der Waals surface area contributed by atoms with Crippen LogP contribution in [0.15, 0.2) is 58.3 Å². The molecule has 2 aromatic carbocycles. The lowest BCUT2D eigenvalue weighted by Crippen LogP contribution is -2.27. The van der Waals surface area contributed by atoms with Crippen molar-refractivity contribution in [3.05, 3.63) is 76.3 Å². The first-order valence-corrected chi connectivity index (χ1v) is 11.0. The van der Waals surface area contributed by atoms with Crippen LogP contribution in [0.4, 0.5) is 0 Å². The van der Waals surface area contributed by atoms with Gasteiger partial charge in [-0.3, -0.25) is 4.79 Å². The highest BCUT2D eigenvalue weighted by Crippen LogP contribution is 2.26. The molecule has 0 bridgehead atoms. The van der Waals surface area contributed by atoms with E-state index in [1.54, 1.807) is 30.2 Å². The maximum absolute atomic E-state index is 12.2. The van der Waals surface area contributed by atoms with E-state index < -0.39 is 0 Å². The van der Waals surface area contributed by atoms with Crippen molar-refractivity contribution < 1.29 is 9.53 Å². The quantitative estimate of drug-likeness (QED) is 0.520. The number of hydrogen-bond donors (Lipinski definition) is 1. The maximum Gasteiger partial charge on any atom is 0.226 e. The third kappa shape index (κ3) is 6.39. The Morgan fingerprint density at radius 2 is 2.00 bits per heavy atom. The molecule has 146 valence electrons. The van der Waals surface area contributed by atoms with E-state index in [-0.39, 0.29) is 5.91 Å². The minimum absolute atomic E-state index is 0.00304. The number of carbonyl (C=O) groups excluding carboxylic acids is 1. The Bertz CT molecular complexity index is 907. The van der Waals surface area contributed by atoms with E-state index in [0.717, 1.165) is 33.5 Å². The van der Waals surface area contributed by atoms with Crippen LogP contribution in [0.3, 0.4) is 0 Å². The number of amides is 1. The first-order valence-electron chi connectivity index (χ1n) is 9.15. The van der Waals surface area contributed by atoms with Gasteiger partial charge >= 0.3 is 0 Å². The molecule has 0 saturated carbocycles. The van der Waals surface area contributed by atoms with Crippen molar-refractivity contribution >= 4 is 29.0 Å². The van der Waals surface area contributed by atoms with Gasteiger partial charge in [0.05, 0.1) is 19.2 Å². The number of carbonyl (C=O) groups is 1. The average molecular weight is 413 g/mol. The number of benzene rings is 2. The van der Waals surface area contributed by atoms with E-state index in [9.17, 15) is 4.79 Å². The minimum Gasteiger partial charge on any atom is -0.497 e. The third-order valence-electron chi connectivity index (χ3n) is 4.23. The molecule has 28 heavy (non-hydrogen) atoms. The van der Waals surface area contributed by atoms with Crippen LogP contribution in [-0.2, 0) is 23.4 Å². The van der Waals surface area contributed by atoms with Crippen LogP contribution in [0.2, 0.25) is 0 Å². The summed E-state index contributed by atoms with van der Waals surface area (Å²) in [7, 11) is 1.65. The van der Waals surface area contributed by atoms with Crippen LogP contribution in [0.25, 0.3) is 0 Å². The van der Waals surface area contributed by atoms with E-state index >= 15 is 0 Å². The molecule has 3 rings (SSSR count). The van der Waals surface area contributed by atoms with Gasteiger partial charge in [-0.2, -0.15) is 0 Å². The highest BCUT2D eigenvalue weighted by atomic mass is 32.2. The summed E-state index contributed by atoms with van der Waals surface area (Å²) in [5.41, 5.74) is 4.52. The van der Waals surface area contributed by atoms with Gasteiger partial charge < -0.3 is 10.1 Å². The van der Waals surface area contributed by atoms with Crippen molar-refractivity contribution in [3.63, 3.8) is 0 Å². The summed E-state index contributed by atoms with van der Waals surface area (Å²) >= 11 is 3.31. The molecule has 0 atom stereocenters. The van der Waals surface area contributed by atoms with Gasteiger partial charge in [-0.05, 0) is 36.6 Å². The number of thioether (sulfide) groups is 1. The van der Waals surface area contributed by atoms with Gasteiger partial charge in [-0.25, -0.2) is 4.98 Å². The summed E-state index contributed by atoms with van der Waals surface area (Å²) in [5.74, 6) is 1.73. The topological polar surface area (TPSA) is 51.2 Å². The van der Waals surface area contributed by atoms with Crippen LogP contribution in [0, 0.1) is 6.92 Å². The van der Waals surface area contributed by atoms with E-state index in [4.69, 9.17) is 4.74 Å². The Hall–Kier alpha value is -2.31. The molecule has 1 amide bonds. The summed E-state index contributed by atoms with van der Waals surface area (Å²) < 4.78 is 6.22. The van der Waals surface area contributed by atoms with E-state index in [0.29, 0.717) is 13.0 Å². The first-order chi connectivity index (χ1) is 13.6. The molecule has 0 unspecified atom stereocenters. The molecule has 4 nitrogen and oxygen atoms in total. The fourth-order valence-corrected chi connectivity index (χ4v) is 4.47. The number of rotatable bonds is 9. The molecule has 6 heteroatoms. The van der Waals surface area contributed by atoms with Crippen LogP contribution in [-0.4, -0.2) is 24.5 Å². The zero-order valence-corrected chi connectivity index (χ0v) is 17.7. The van der Waals surface area contributed by atoms with E-state index in [2.05, 4.69) is 41.5 Å². The van der Waals surface area contributed by atoms with Crippen LogP contribution in [0.5, 0.6) is 5.75 Å². The second-order valence-electron chi connectivity index (χ2n) is 6.51. The molecule has 0 aliphatic rings. The molecule has 0 aliphatic carbocycles. The number of methoxy groups -OCH3 is 1. The Labute approximate surface area is 174 Å². The predicted molar refractivity (Wildman–Crippen MR) is 116 cm³/mol. The van der Waals surface area contributed by atoms with E-state index in [1.165, 1.54) is 11.1 Å². The van der Waals surface area contributed by atoms with Gasteiger partial charge in [0.25, 0.3) is 0 Å². The molecule has 0 fully saturated rings. The molecule has 0 radical (unpaired) electrons. The smallest absolute Gasteiger partial charge is 0.226 e. The predicted octanol–water partition coefficient (Wildman–Crippen LogP) is 4.65. The summed E-state index contributed by atoms with van der Waals surface area (Å²) in [6.07, 6.45) is 1.09. The summed E-state index contributed by atoms with van der Waals surface area (Å²) in [6, 6.07) is 16.4. The second-order valence-corrected chi connectivity index (χ2v) is 8.59. The van der Waals surface area contributed by atoms with Crippen molar-refractivity contribution in [1.82, 2.24) is 10.3 Å². The van der Waals surface area contributed by atoms with Gasteiger partial charge in [0, 0.05) is 17.7 Å². The lowest BCUT2D eigenvalue weighted by Gasteiger charge is -2.06. The summed E-state index contributed by atoms with van der Waals surface area (Å²) in [4.78, 5) is 16.7. The fourth-order valence-electron chi connectivity index (χ4n) is 2.67. The van der Waals surface area contributed by atoms with Gasteiger partial charge in [-0.1, -0.05) is 53.7 Å². The summed E-state index contributed by atoms with van der Waals surface area (Å²) in [5, 5.41) is 4.94. The molecular weight excluding hydrogens is 388 g/mol. The van der Waals surface area contributed by atoms with Gasteiger partial charge in [0.15, 0.2) is 0 Å². The average Bonchev–Trinajstić information content (AvgIpc) is 3.15. The molecular formula is C22H24N2O2S2. The standard InChI is InChI=1S/C22H24N2O2S2/c1-16-6-8-18(9-7-16)14-27-22-24-19(15-28-22)13-21(25)23-11-10-17-4-3-5-20(12-17)26-2/h3-9,12,15H,10-11,13-14H2,1-2H3,(H,23,25). The molecule has 1 heterocycles. The minimum atomic E-state index is 0.00304. The highest BCUT2D eigenvalue weighted by molar-refractivity contribution is 8.00. The van der Waals surface area contributed by atoms with Gasteiger partial charge in [-0.15, -0.1) is 11.3 Å².